The number of rotatable bonds is 6. The molecule has 0 amide bonds. The van der Waals surface area contributed by atoms with Gasteiger partial charge in [0.2, 0.25) is 5.95 Å². The first-order chi connectivity index (χ1) is 13.4. The predicted octanol–water partition coefficient (Wildman–Crippen LogP) is 4.01. The molecule has 0 spiro atoms. The second-order valence-corrected chi connectivity index (χ2v) is 7.13. The third-order valence-corrected chi connectivity index (χ3v) is 4.48. The Kier molecular flexibility index (Phi) is 4.66. The maximum atomic E-state index is 12.9. The molecule has 0 radical (unpaired) electrons. The number of hydrogen-bond acceptors (Lipinski definition) is 5. The van der Waals surface area contributed by atoms with Crippen LogP contribution in [0.1, 0.15) is 19.7 Å². The lowest BCUT2D eigenvalue weighted by molar-refractivity contribution is 0.127. The molecule has 0 bridgehead atoms. The van der Waals surface area contributed by atoms with Gasteiger partial charge < -0.3 is 14.9 Å². The quantitative estimate of drug-likeness (QED) is 0.524. The Morgan fingerprint density at radius 3 is 2.75 bits per heavy atom. The van der Waals surface area contributed by atoms with E-state index in [4.69, 9.17) is 0 Å². The van der Waals surface area contributed by atoms with Crippen molar-refractivity contribution in [3.8, 4) is 11.3 Å². The topological polar surface area (TPSA) is 84.3 Å². The summed E-state index contributed by atoms with van der Waals surface area (Å²) in [6, 6.07) is 3.62. The zero-order valence-corrected chi connectivity index (χ0v) is 15.9. The standard InChI is InChI=1S/C19H21F2N7/c1-10(2)6-23-19-24-8-13-12(7-22-17(13)27-19)14-4-5-15-18(26-14)28(9-16(20)21)11(3)25-15/h4-5,7-8,10,16H,6,9H2,1-3H3,(H2,22,23,24,27). The number of nitrogens with zero attached hydrogens (tertiary/aromatic N) is 5. The first-order valence-electron chi connectivity index (χ1n) is 9.12. The minimum atomic E-state index is -2.47. The van der Waals surface area contributed by atoms with Crippen LogP contribution in [-0.4, -0.2) is 42.5 Å². The van der Waals surface area contributed by atoms with Gasteiger partial charge >= 0.3 is 0 Å². The molecule has 0 atom stereocenters. The summed E-state index contributed by atoms with van der Waals surface area (Å²) in [6.07, 6.45) is 1.07. The van der Waals surface area contributed by atoms with Gasteiger partial charge in [-0.3, -0.25) is 0 Å². The lowest BCUT2D eigenvalue weighted by Crippen LogP contribution is -2.10. The number of imidazole rings is 1. The van der Waals surface area contributed by atoms with Crippen molar-refractivity contribution in [2.75, 3.05) is 11.9 Å². The van der Waals surface area contributed by atoms with E-state index >= 15 is 0 Å². The molecule has 0 aliphatic carbocycles. The maximum absolute atomic E-state index is 12.9. The van der Waals surface area contributed by atoms with E-state index in [0.29, 0.717) is 40.2 Å². The molecule has 9 heteroatoms. The van der Waals surface area contributed by atoms with Crippen molar-refractivity contribution < 1.29 is 8.78 Å². The van der Waals surface area contributed by atoms with E-state index in [1.54, 1.807) is 25.4 Å². The summed E-state index contributed by atoms with van der Waals surface area (Å²) in [7, 11) is 0. The third kappa shape index (κ3) is 3.39. The third-order valence-electron chi connectivity index (χ3n) is 4.48. The molecule has 0 saturated carbocycles. The Hall–Kier alpha value is -3.10. The first kappa shape index (κ1) is 18.3. The highest BCUT2D eigenvalue weighted by Crippen LogP contribution is 2.28. The van der Waals surface area contributed by atoms with Crippen LogP contribution in [0.15, 0.2) is 24.5 Å². The van der Waals surface area contributed by atoms with E-state index in [9.17, 15) is 8.78 Å². The minimum Gasteiger partial charge on any atom is -0.354 e. The van der Waals surface area contributed by atoms with E-state index < -0.39 is 13.0 Å². The Morgan fingerprint density at radius 1 is 1.18 bits per heavy atom. The van der Waals surface area contributed by atoms with Crippen LogP contribution in [0, 0.1) is 12.8 Å². The molecule has 4 aromatic rings. The van der Waals surface area contributed by atoms with Crippen LogP contribution < -0.4 is 5.32 Å². The molecule has 0 unspecified atom stereocenters. The minimum absolute atomic E-state index is 0.430. The number of fused-ring (bicyclic) bond motifs is 2. The summed E-state index contributed by atoms with van der Waals surface area (Å²) in [5.74, 6) is 1.56. The molecule has 7 nitrogen and oxygen atoms in total. The fourth-order valence-corrected chi connectivity index (χ4v) is 3.12. The molecule has 146 valence electrons. The van der Waals surface area contributed by atoms with Crippen molar-refractivity contribution >= 4 is 28.1 Å². The first-order valence-corrected chi connectivity index (χ1v) is 9.12. The number of aryl methyl sites for hydroxylation is 1. The highest BCUT2D eigenvalue weighted by Gasteiger charge is 2.16. The number of anilines is 1. The molecule has 4 aromatic heterocycles. The van der Waals surface area contributed by atoms with E-state index in [-0.39, 0.29) is 0 Å². The van der Waals surface area contributed by atoms with Crippen molar-refractivity contribution in [1.82, 2.24) is 29.5 Å². The molecule has 0 fully saturated rings. The molecule has 28 heavy (non-hydrogen) atoms. The smallest absolute Gasteiger partial charge is 0.256 e. The summed E-state index contributed by atoms with van der Waals surface area (Å²) in [6.45, 7) is 6.28. The second kappa shape index (κ2) is 7.14. The van der Waals surface area contributed by atoms with Gasteiger partial charge in [-0.25, -0.2) is 23.7 Å². The van der Waals surface area contributed by atoms with Crippen molar-refractivity contribution in [1.29, 1.82) is 0 Å². The van der Waals surface area contributed by atoms with Gasteiger partial charge in [-0.05, 0) is 25.0 Å². The van der Waals surface area contributed by atoms with E-state index in [1.165, 1.54) is 4.57 Å². The van der Waals surface area contributed by atoms with Crippen LogP contribution in [-0.2, 0) is 6.54 Å². The van der Waals surface area contributed by atoms with Gasteiger partial charge in [0.05, 0.1) is 12.2 Å². The summed E-state index contributed by atoms with van der Waals surface area (Å²) >= 11 is 0. The highest BCUT2D eigenvalue weighted by molar-refractivity contribution is 5.93. The normalized spacial score (nSPS) is 12.0. The van der Waals surface area contributed by atoms with Crippen molar-refractivity contribution in [2.45, 2.75) is 33.7 Å². The zero-order chi connectivity index (χ0) is 19.8. The average molecular weight is 385 g/mol. The van der Waals surface area contributed by atoms with E-state index in [0.717, 1.165) is 17.5 Å². The van der Waals surface area contributed by atoms with Crippen molar-refractivity contribution in [3.05, 3.63) is 30.4 Å². The zero-order valence-electron chi connectivity index (χ0n) is 15.9. The molecular formula is C19H21F2N7. The lowest BCUT2D eigenvalue weighted by Gasteiger charge is -2.07. The van der Waals surface area contributed by atoms with Crippen LogP contribution in [0.4, 0.5) is 14.7 Å². The van der Waals surface area contributed by atoms with Gasteiger partial charge in [0.1, 0.15) is 17.0 Å². The second-order valence-electron chi connectivity index (χ2n) is 7.13. The molecule has 2 N–H and O–H groups in total. The van der Waals surface area contributed by atoms with Gasteiger partial charge in [-0.2, -0.15) is 4.98 Å². The number of pyridine rings is 1. The molecular weight excluding hydrogens is 364 g/mol. The number of aromatic nitrogens is 6. The van der Waals surface area contributed by atoms with Gasteiger partial charge in [0.15, 0.2) is 5.65 Å². The Bertz CT molecular complexity index is 1130. The number of H-pyrrole nitrogens is 1. The Morgan fingerprint density at radius 2 is 2.00 bits per heavy atom. The molecule has 4 rings (SSSR count). The van der Waals surface area contributed by atoms with E-state index in [1.807, 2.05) is 6.07 Å². The fourth-order valence-electron chi connectivity index (χ4n) is 3.12. The monoisotopic (exact) mass is 385 g/mol. The van der Waals surface area contributed by atoms with Gasteiger partial charge in [-0.1, -0.05) is 13.8 Å². The summed E-state index contributed by atoms with van der Waals surface area (Å²) in [4.78, 5) is 20.9. The van der Waals surface area contributed by atoms with Gasteiger partial charge in [0.25, 0.3) is 6.43 Å². The summed E-state index contributed by atoms with van der Waals surface area (Å²) in [5.41, 5.74) is 3.20. The van der Waals surface area contributed by atoms with Gasteiger partial charge in [-0.15, -0.1) is 0 Å². The van der Waals surface area contributed by atoms with Crippen molar-refractivity contribution in [3.63, 3.8) is 0 Å². The van der Waals surface area contributed by atoms with Crippen LogP contribution in [0.2, 0.25) is 0 Å². The van der Waals surface area contributed by atoms with Crippen LogP contribution in [0.25, 0.3) is 33.5 Å². The predicted molar refractivity (Wildman–Crippen MR) is 104 cm³/mol. The van der Waals surface area contributed by atoms with Crippen LogP contribution >= 0.6 is 0 Å². The highest BCUT2D eigenvalue weighted by atomic mass is 19.3. The molecule has 4 heterocycles. The SMILES string of the molecule is Cc1nc2ccc(-c3c[nH]c4nc(NCC(C)C)ncc34)nc2n1CC(F)F. The largest absolute Gasteiger partial charge is 0.354 e. The van der Waals surface area contributed by atoms with Crippen molar-refractivity contribution in [2.24, 2.45) is 5.92 Å². The van der Waals surface area contributed by atoms with Crippen LogP contribution in [0.5, 0.6) is 0 Å². The molecule has 0 saturated heterocycles. The number of aromatic amines is 1. The maximum Gasteiger partial charge on any atom is 0.256 e. The number of alkyl halides is 2. The Labute approximate surface area is 160 Å². The summed E-state index contributed by atoms with van der Waals surface area (Å²) in [5, 5.41) is 4.02. The van der Waals surface area contributed by atoms with Gasteiger partial charge in [0, 0.05) is 29.9 Å². The number of halogens is 2. The van der Waals surface area contributed by atoms with Crippen LogP contribution in [0.3, 0.4) is 0 Å². The molecule has 0 aliphatic heterocycles. The lowest BCUT2D eigenvalue weighted by atomic mass is 10.1. The van der Waals surface area contributed by atoms with E-state index in [2.05, 4.69) is 44.1 Å². The number of hydrogen-bond donors (Lipinski definition) is 2. The number of nitrogens with one attached hydrogen (secondary N) is 2. The molecule has 0 aromatic carbocycles. The average Bonchev–Trinajstić information content (AvgIpc) is 3.20. The fraction of sp³-hybridized carbons (Fsp3) is 0.368. The molecule has 0 aliphatic rings. The Balaban J connectivity index is 1.74. The summed E-state index contributed by atoms with van der Waals surface area (Å²) < 4.78 is 27.3.